The monoisotopic (exact) mass is 369 g/mol. The van der Waals surface area contributed by atoms with E-state index in [9.17, 15) is 22.8 Å². The third-order valence-electron chi connectivity index (χ3n) is 3.98. The fraction of sp³-hybridized carbons (Fsp3) is 0.312. The van der Waals surface area contributed by atoms with Crippen LogP contribution >= 0.6 is 11.3 Å². The van der Waals surface area contributed by atoms with E-state index in [2.05, 4.69) is 4.98 Å². The molecule has 0 atom stereocenters. The van der Waals surface area contributed by atoms with Crippen LogP contribution in [0.15, 0.2) is 28.6 Å². The molecule has 0 saturated heterocycles. The summed E-state index contributed by atoms with van der Waals surface area (Å²) < 4.78 is 40.2. The highest BCUT2D eigenvalue weighted by molar-refractivity contribution is 7.16. The molecule has 3 aromatic heterocycles. The van der Waals surface area contributed by atoms with E-state index in [1.54, 1.807) is 11.4 Å². The van der Waals surface area contributed by atoms with Crippen LogP contribution in [-0.4, -0.2) is 26.1 Å². The standard InChI is InChI=1S/C16H14F3N3O2S/c1-9-5-12(10(2)22(9)7-16(17,18)19)13(23)6-21-8-20-14-11(15(21)24)3-4-25-14/h3-5,8H,6-7H2,1-2H3. The Kier molecular flexibility index (Phi) is 4.28. The van der Waals surface area contributed by atoms with Crippen molar-refractivity contribution >= 4 is 27.3 Å². The number of thiophene rings is 1. The Labute approximate surface area is 144 Å². The number of hydrogen-bond acceptors (Lipinski definition) is 4. The first-order valence-corrected chi connectivity index (χ1v) is 8.24. The van der Waals surface area contributed by atoms with Gasteiger partial charge in [-0.3, -0.25) is 14.2 Å². The average Bonchev–Trinajstić information content (AvgIpc) is 3.09. The van der Waals surface area contributed by atoms with Crippen molar-refractivity contribution in [2.24, 2.45) is 0 Å². The first kappa shape index (κ1) is 17.4. The minimum atomic E-state index is -4.38. The normalized spacial score (nSPS) is 12.0. The molecule has 5 nitrogen and oxygen atoms in total. The number of carbonyl (C=O) groups excluding carboxylic acids is 1. The first-order chi connectivity index (χ1) is 11.7. The molecule has 132 valence electrons. The maximum atomic E-state index is 12.7. The van der Waals surface area contributed by atoms with Crippen molar-refractivity contribution in [2.45, 2.75) is 33.1 Å². The molecule has 3 heterocycles. The second kappa shape index (κ2) is 6.14. The third-order valence-corrected chi connectivity index (χ3v) is 4.80. The van der Waals surface area contributed by atoms with E-state index in [0.29, 0.717) is 15.9 Å². The largest absolute Gasteiger partial charge is 0.406 e. The summed E-state index contributed by atoms with van der Waals surface area (Å²) in [7, 11) is 0. The number of aryl methyl sites for hydroxylation is 1. The van der Waals surface area contributed by atoms with Crippen molar-refractivity contribution < 1.29 is 18.0 Å². The van der Waals surface area contributed by atoms with Gasteiger partial charge in [0.2, 0.25) is 0 Å². The SMILES string of the molecule is Cc1cc(C(=O)Cn2cnc3sccc3c2=O)c(C)n1CC(F)(F)F. The highest BCUT2D eigenvalue weighted by Crippen LogP contribution is 2.23. The summed E-state index contributed by atoms with van der Waals surface area (Å²) in [6, 6.07) is 3.05. The third kappa shape index (κ3) is 3.37. The van der Waals surface area contributed by atoms with Gasteiger partial charge in [-0.2, -0.15) is 13.2 Å². The van der Waals surface area contributed by atoms with Gasteiger partial charge in [0.1, 0.15) is 11.4 Å². The molecule has 0 unspecified atom stereocenters. The summed E-state index contributed by atoms with van der Waals surface area (Å²) in [5.74, 6) is -0.431. The smallest absolute Gasteiger partial charge is 0.339 e. The Morgan fingerprint density at radius 3 is 2.72 bits per heavy atom. The average molecular weight is 369 g/mol. The number of carbonyl (C=O) groups is 1. The van der Waals surface area contributed by atoms with E-state index in [1.165, 1.54) is 42.1 Å². The van der Waals surface area contributed by atoms with E-state index < -0.39 is 18.5 Å². The molecule has 0 amide bonds. The lowest BCUT2D eigenvalue weighted by atomic mass is 10.1. The second-order valence-electron chi connectivity index (χ2n) is 5.73. The summed E-state index contributed by atoms with van der Waals surface area (Å²) in [6.07, 6.45) is -3.09. The molecule has 3 aromatic rings. The first-order valence-electron chi connectivity index (χ1n) is 7.36. The lowest BCUT2D eigenvalue weighted by molar-refractivity contribution is -0.141. The fourth-order valence-electron chi connectivity index (χ4n) is 2.75. The quantitative estimate of drug-likeness (QED) is 0.663. The van der Waals surface area contributed by atoms with Gasteiger partial charge in [-0.05, 0) is 31.4 Å². The molecule has 0 N–H and O–H groups in total. The predicted octanol–water partition coefficient (Wildman–Crippen LogP) is 3.32. The Hall–Kier alpha value is -2.42. The fourth-order valence-corrected chi connectivity index (χ4v) is 3.48. The maximum absolute atomic E-state index is 12.7. The molecule has 0 radical (unpaired) electrons. The second-order valence-corrected chi connectivity index (χ2v) is 6.62. The topological polar surface area (TPSA) is 56.9 Å². The molecule has 9 heteroatoms. The molecule has 3 rings (SSSR count). The van der Waals surface area contributed by atoms with Crippen molar-refractivity contribution in [3.63, 3.8) is 0 Å². The molecule has 25 heavy (non-hydrogen) atoms. The summed E-state index contributed by atoms with van der Waals surface area (Å²) >= 11 is 1.32. The number of halogens is 3. The van der Waals surface area contributed by atoms with Crippen molar-refractivity contribution in [3.05, 3.63) is 51.1 Å². The zero-order chi connectivity index (χ0) is 18.4. The van der Waals surface area contributed by atoms with Gasteiger partial charge in [-0.15, -0.1) is 11.3 Å². The van der Waals surface area contributed by atoms with Gasteiger partial charge < -0.3 is 4.57 Å². The van der Waals surface area contributed by atoms with Crippen molar-refractivity contribution in [1.82, 2.24) is 14.1 Å². The summed E-state index contributed by atoms with van der Waals surface area (Å²) in [4.78, 5) is 29.5. The van der Waals surface area contributed by atoms with Gasteiger partial charge in [0, 0.05) is 17.0 Å². The Balaban J connectivity index is 1.92. The van der Waals surface area contributed by atoms with Crippen LogP contribution in [-0.2, 0) is 13.1 Å². The van der Waals surface area contributed by atoms with Gasteiger partial charge in [0.15, 0.2) is 5.78 Å². The Morgan fingerprint density at radius 1 is 1.32 bits per heavy atom. The minimum Gasteiger partial charge on any atom is -0.339 e. The predicted molar refractivity (Wildman–Crippen MR) is 88.2 cm³/mol. The van der Waals surface area contributed by atoms with Gasteiger partial charge in [-0.1, -0.05) is 0 Å². The van der Waals surface area contributed by atoms with E-state index in [1.807, 2.05) is 0 Å². The molecular weight excluding hydrogens is 355 g/mol. The number of aromatic nitrogens is 3. The molecule has 0 fully saturated rings. The van der Waals surface area contributed by atoms with Crippen LogP contribution in [0.3, 0.4) is 0 Å². The Morgan fingerprint density at radius 2 is 2.04 bits per heavy atom. The number of fused-ring (bicyclic) bond motifs is 1. The summed E-state index contributed by atoms with van der Waals surface area (Å²) in [5.41, 5.74) is 0.414. The molecule has 0 spiro atoms. The molecule has 0 aliphatic rings. The molecule has 0 bridgehead atoms. The number of rotatable bonds is 4. The van der Waals surface area contributed by atoms with Crippen LogP contribution in [0.2, 0.25) is 0 Å². The van der Waals surface area contributed by atoms with Crippen LogP contribution in [0.1, 0.15) is 21.7 Å². The number of Topliss-reactive ketones (excluding diaryl/α,β-unsaturated/α-hetero) is 1. The van der Waals surface area contributed by atoms with Gasteiger partial charge in [-0.25, -0.2) is 4.98 Å². The lowest BCUT2D eigenvalue weighted by Crippen LogP contribution is -2.24. The van der Waals surface area contributed by atoms with Gasteiger partial charge in [0.05, 0.1) is 18.3 Å². The van der Waals surface area contributed by atoms with E-state index in [4.69, 9.17) is 0 Å². The van der Waals surface area contributed by atoms with Crippen LogP contribution < -0.4 is 5.56 Å². The van der Waals surface area contributed by atoms with Gasteiger partial charge in [0.25, 0.3) is 5.56 Å². The van der Waals surface area contributed by atoms with Crippen LogP contribution in [0.25, 0.3) is 10.2 Å². The summed E-state index contributed by atoms with van der Waals surface area (Å²) in [5, 5.41) is 2.15. The van der Waals surface area contributed by atoms with Crippen molar-refractivity contribution in [1.29, 1.82) is 0 Å². The van der Waals surface area contributed by atoms with Crippen LogP contribution in [0.5, 0.6) is 0 Å². The van der Waals surface area contributed by atoms with E-state index >= 15 is 0 Å². The van der Waals surface area contributed by atoms with E-state index in [0.717, 1.165) is 4.57 Å². The number of nitrogens with zero attached hydrogens (tertiary/aromatic N) is 3. The van der Waals surface area contributed by atoms with Crippen LogP contribution in [0.4, 0.5) is 13.2 Å². The minimum absolute atomic E-state index is 0.180. The molecule has 0 aromatic carbocycles. The van der Waals surface area contributed by atoms with Crippen molar-refractivity contribution in [2.75, 3.05) is 0 Å². The highest BCUT2D eigenvalue weighted by Gasteiger charge is 2.30. The number of ketones is 1. The van der Waals surface area contributed by atoms with Crippen LogP contribution in [0, 0.1) is 13.8 Å². The molecule has 0 aliphatic carbocycles. The lowest BCUT2D eigenvalue weighted by Gasteiger charge is -2.12. The van der Waals surface area contributed by atoms with E-state index in [-0.39, 0.29) is 23.4 Å². The molecular formula is C16H14F3N3O2S. The van der Waals surface area contributed by atoms with Gasteiger partial charge >= 0.3 is 6.18 Å². The Bertz CT molecular complexity index is 1010. The summed E-state index contributed by atoms with van der Waals surface area (Å²) in [6.45, 7) is 1.56. The number of hydrogen-bond donors (Lipinski definition) is 0. The number of alkyl halides is 3. The molecule has 0 aliphatic heterocycles. The molecule has 0 saturated carbocycles. The zero-order valence-electron chi connectivity index (χ0n) is 13.4. The maximum Gasteiger partial charge on any atom is 0.406 e. The zero-order valence-corrected chi connectivity index (χ0v) is 14.2. The highest BCUT2D eigenvalue weighted by atomic mass is 32.1. The van der Waals surface area contributed by atoms with Crippen molar-refractivity contribution in [3.8, 4) is 0 Å².